The number of allylic oxidation sites excluding steroid dienone is 1. The average molecular weight is 456 g/mol. The van der Waals surface area contributed by atoms with Gasteiger partial charge < -0.3 is 15.4 Å². The smallest absolute Gasteiger partial charge is 0.255 e. The van der Waals surface area contributed by atoms with Crippen LogP contribution in [-0.2, 0) is 4.79 Å². The molecule has 1 amide bonds. The topological polar surface area (TPSA) is 81.1 Å². The summed E-state index contributed by atoms with van der Waals surface area (Å²) in [6.07, 6.45) is 0. The van der Waals surface area contributed by atoms with Gasteiger partial charge in [0.25, 0.3) is 5.91 Å². The molecule has 160 valence electrons. The summed E-state index contributed by atoms with van der Waals surface area (Å²) in [5.41, 5.74) is 2.66. The fraction of sp³-hybridized carbons (Fsp3) is 0.227. The van der Waals surface area contributed by atoms with Crippen molar-refractivity contribution in [2.75, 3.05) is 23.5 Å². The van der Waals surface area contributed by atoms with Crippen LogP contribution in [0.4, 0.5) is 11.6 Å². The molecule has 4 rings (SSSR count). The summed E-state index contributed by atoms with van der Waals surface area (Å²) in [5, 5.41) is 12.1. The van der Waals surface area contributed by atoms with Crippen molar-refractivity contribution in [2.45, 2.75) is 25.0 Å². The number of nitrogens with zero attached hydrogens (tertiary/aromatic N) is 3. The Morgan fingerprint density at radius 3 is 2.84 bits per heavy atom. The van der Waals surface area contributed by atoms with Crippen LogP contribution in [0.2, 0.25) is 5.02 Å². The second-order valence-electron chi connectivity index (χ2n) is 6.87. The van der Waals surface area contributed by atoms with Crippen molar-refractivity contribution < 1.29 is 9.53 Å². The molecule has 0 saturated heterocycles. The number of para-hydroxylation sites is 2. The zero-order valence-electron chi connectivity index (χ0n) is 17.3. The fourth-order valence-electron chi connectivity index (χ4n) is 3.54. The maximum absolute atomic E-state index is 13.5. The molecule has 7 nitrogen and oxygen atoms in total. The van der Waals surface area contributed by atoms with Crippen LogP contribution in [0, 0.1) is 0 Å². The third-order valence-corrected chi connectivity index (χ3v) is 5.83. The van der Waals surface area contributed by atoms with Gasteiger partial charge in [-0.2, -0.15) is 4.98 Å². The van der Waals surface area contributed by atoms with E-state index in [1.165, 1.54) is 0 Å². The summed E-state index contributed by atoms with van der Waals surface area (Å²) in [5.74, 6) is 1.76. The number of anilines is 2. The van der Waals surface area contributed by atoms with E-state index >= 15 is 0 Å². The molecule has 9 heteroatoms. The molecule has 1 aliphatic heterocycles. The van der Waals surface area contributed by atoms with Crippen LogP contribution in [0.15, 0.2) is 65.0 Å². The summed E-state index contributed by atoms with van der Waals surface area (Å²) >= 11 is 7.82. The van der Waals surface area contributed by atoms with Crippen LogP contribution < -0.4 is 15.4 Å². The van der Waals surface area contributed by atoms with Gasteiger partial charge in [0.15, 0.2) is 0 Å². The Bertz CT molecular complexity index is 1160. The maximum atomic E-state index is 13.5. The molecular formula is C22H22ClN5O2S. The maximum Gasteiger partial charge on any atom is 0.255 e. The third-order valence-electron chi connectivity index (χ3n) is 4.87. The van der Waals surface area contributed by atoms with Gasteiger partial charge in [0.2, 0.25) is 11.1 Å². The van der Waals surface area contributed by atoms with E-state index in [0.29, 0.717) is 38.8 Å². The van der Waals surface area contributed by atoms with Gasteiger partial charge in [-0.05, 0) is 42.5 Å². The van der Waals surface area contributed by atoms with Crippen LogP contribution in [0.5, 0.6) is 5.75 Å². The molecule has 1 atom stereocenters. The lowest BCUT2D eigenvalue weighted by Gasteiger charge is -2.29. The van der Waals surface area contributed by atoms with Crippen LogP contribution in [0.3, 0.4) is 0 Å². The monoisotopic (exact) mass is 455 g/mol. The number of carbonyl (C=O) groups excluding carboxylic acids is 1. The highest BCUT2D eigenvalue weighted by atomic mass is 35.5. The van der Waals surface area contributed by atoms with Crippen LogP contribution in [0.25, 0.3) is 0 Å². The largest absolute Gasteiger partial charge is 0.495 e. The second-order valence-corrected chi connectivity index (χ2v) is 8.54. The number of carbonyl (C=O) groups is 1. The highest BCUT2D eigenvalue weighted by Gasteiger charge is 2.34. The molecule has 3 aromatic rings. The van der Waals surface area contributed by atoms with E-state index in [9.17, 15) is 4.79 Å². The minimum Gasteiger partial charge on any atom is -0.495 e. The summed E-state index contributed by atoms with van der Waals surface area (Å²) < 4.78 is 7.12. The Morgan fingerprint density at radius 1 is 1.29 bits per heavy atom. The Kier molecular flexibility index (Phi) is 6.20. The minimum atomic E-state index is -0.483. The quantitative estimate of drug-likeness (QED) is 0.510. The number of thioether (sulfide) groups is 1. The van der Waals surface area contributed by atoms with Crippen LogP contribution in [-0.4, -0.2) is 33.5 Å². The number of benzene rings is 2. The van der Waals surface area contributed by atoms with Gasteiger partial charge in [0.1, 0.15) is 11.8 Å². The zero-order chi connectivity index (χ0) is 22.0. The number of ether oxygens (including phenoxy) is 1. The molecule has 0 aliphatic carbocycles. The van der Waals surface area contributed by atoms with Crippen molar-refractivity contribution in [3.63, 3.8) is 0 Å². The Hall–Kier alpha value is -2.97. The first-order valence-electron chi connectivity index (χ1n) is 9.78. The number of hydrogen-bond acceptors (Lipinski definition) is 6. The van der Waals surface area contributed by atoms with Crippen molar-refractivity contribution in [1.29, 1.82) is 0 Å². The second kappa shape index (κ2) is 9.03. The van der Waals surface area contributed by atoms with Gasteiger partial charge in [-0.1, -0.05) is 54.6 Å². The lowest BCUT2D eigenvalue weighted by Crippen LogP contribution is -2.31. The highest BCUT2D eigenvalue weighted by molar-refractivity contribution is 7.99. The zero-order valence-corrected chi connectivity index (χ0v) is 18.9. The lowest BCUT2D eigenvalue weighted by atomic mass is 9.95. The van der Waals surface area contributed by atoms with Crippen molar-refractivity contribution in [1.82, 2.24) is 14.8 Å². The van der Waals surface area contributed by atoms with E-state index in [2.05, 4.69) is 20.7 Å². The van der Waals surface area contributed by atoms with E-state index in [0.717, 1.165) is 11.3 Å². The van der Waals surface area contributed by atoms with Gasteiger partial charge in [-0.15, -0.1) is 5.10 Å². The molecular weight excluding hydrogens is 434 g/mol. The van der Waals surface area contributed by atoms with Gasteiger partial charge in [-0.3, -0.25) is 4.79 Å². The molecule has 0 fully saturated rings. The average Bonchev–Trinajstić information content (AvgIpc) is 3.15. The molecule has 2 N–H and O–H groups in total. The molecule has 31 heavy (non-hydrogen) atoms. The normalized spacial score (nSPS) is 15.3. The molecule has 1 aliphatic rings. The molecule has 0 unspecified atom stereocenters. The first-order chi connectivity index (χ1) is 15.0. The van der Waals surface area contributed by atoms with Crippen LogP contribution in [0.1, 0.15) is 25.5 Å². The molecule has 0 radical (unpaired) electrons. The molecule has 0 saturated carbocycles. The van der Waals surface area contributed by atoms with Crippen molar-refractivity contribution >= 4 is 40.9 Å². The van der Waals surface area contributed by atoms with E-state index in [4.69, 9.17) is 16.3 Å². The number of hydrogen-bond donors (Lipinski definition) is 2. The van der Waals surface area contributed by atoms with Gasteiger partial charge >= 0.3 is 0 Å². The number of fused-ring (bicyclic) bond motifs is 1. The predicted molar refractivity (Wildman–Crippen MR) is 124 cm³/mol. The Labute approximate surface area is 189 Å². The van der Waals surface area contributed by atoms with Gasteiger partial charge in [0.05, 0.1) is 18.4 Å². The highest BCUT2D eigenvalue weighted by Crippen LogP contribution is 2.37. The van der Waals surface area contributed by atoms with Gasteiger partial charge in [-0.25, -0.2) is 4.68 Å². The number of methoxy groups -OCH3 is 1. The first-order valence-corrected chi connectivity index (χ1v) is 11.1. The van der Waals surface area contributed by atoms with E-state index < -0.39 is 6.04 Å². The number of rotatable bonds is 6. The summed E-state index contributed by atoms with van der Waals surface area (Å²) in [4.78, 5) is 18.1. The first kappa shape index (κ1) is 21.3. The Balaban J connectivity index is 1.79. The number of nitrogens with one attached hydrogen (secondary N) is 2. The van der Waals surface area contributed by atoms with Crippen molar-refractivity contribution in [3.05, 3.63) is 70.4 Å². The summed E-state index contributed by atoms with van der Waals surface area (Å²) in [6, 6.07) is 14.3. The number of aromatic nitrogens is 3. The molecule has 2 aromatic carbocycles. The Morgan fingerprint density at radius 2 is 2.10 bits per heavy atom. The van der Waals surface area contributed by atoms with E-state index in [-0.39, 0.29) is 5.91 Å². The molecule has 0 spiro atoms. The number of amides is 1. The van der Waals surface area contributed by atoms with E-state index in [1.54, 1.807) is 41.8 Å². The summed E-state index contributed by atoms with van der Waals surface area (Å²) in [6.45, 7) is 3.90. The number of halogens is 1. The predicted octanol–water partition coefficient (Wildman–Crippen LogP) is 4.98. The van der Waals surface area contributed by atoms with Crippen LogP contribution >= 0.6 is 23.4 Å². The third kappa shape index (κ3) is 4.26. The summed E-state index contributed by atoms with van der Waals surface area (Å²) in [7, 11) is 1.57. The molecule has 2 heterocycles. The standard InChI is InChI=1S/C22H22ClN5O2S/c1-4-31-22-26-21-24-13(2)18(20(29)25-16-10-5-6-11-17(16)30-3)19(28(21)27-22)14-8-7-9-15(23)12-14/h5-12,19H,4H2,1-3H3,(H,25,29)(H,24,26,27)/t19-/m1/s1. The van der Waals surface area contributed by atoms with Gasteiger partial charge in [0, 0.05) is 10.7 Å². The SMILES string of the molecule is CCSc1nc2n(n1)[C@H](c1cccc(Cl)c1)C(C(=O)Nc1ccccc1OC)=C(C)N2. The lowest BCUT2D eigenvalue weighted by molar-refractivity contribution is -0.113. The minimum absolute atomic E-state index is 0.259. The van der Waals surface area contributed by atoms with Crippen molar-refractivity contribution in [3.8, 4) is 5.75 Å². The van der Waals surface area contributed by atoms with Crippen molar-refractivity contribution in [2.24, 2.45) is 0 Å². The molecule has 1 aromatic heterocycles. The van der Waals surface area contributed by atoms with E-state index in [1.807, 2.05) is 44.2 Å². The fourth-order valence-corrected chi connectivity index (χ4v) is 4.29. The molecule has 0 bridgehead atoms.